The highest BCUT2D eigenvalue weighted by atomic mass is 15.2. The summed E-state index contributed by atoms with van der Waals surface area (Å²) >= 11 is 0. The minimum absolute atomic E-state index is 0.731. The first-order valence-electron chi connectivity index (χ1n) is 8.16. The maximum absolute atomic E-state index is 5.70. The van der Waals surface area contributed by atoms with E-state index >= 15 is 0 Å². The average Bonchev–Trinajstić information content (AvgIpc) is 2.82. The minimum atomic E-state index is 0.731. The van der Waals surface area contributed by atoms with Gasteiger partial charge in [-0.05, 0) is 63.5 Å². The van der Waals surface area contributed by atoms with Gasteiger partial charge in [-0.1, -0.05) is 12.5 Å². The van der Waals surface area contributed by atoms with Crippen molar-refractivity contribution in [2.75, 3.05) is 19.6 Å². The molecule has 0 spiro atoms. The first kappa shape index (κ1) is 14.5. The first-order chi connectivity index (χ1) is 10.3. The number of likely N-dealkylation sites (tertiary alicyclic amines) is 1. The molecule has 0 unspecified atom stereocenters. The molecular weight excluding hydrogens is 260 g/mol. The number of rotatable bonds is 5. The fourth-order valence-electron chi connectivity index (χ4n) is 3.23. The number of aromatic nitrogens is 2. The van der Waals surface area contributed by atoms with Gasteiger partial charge in [0.05, 0.1) is 17.6 Å². The van der Waals surface area contributed by atoms with E-state index in [9.17, 15) is 0 Å². The van der Waals surface area contributed by atoms with Crippen molar-refractivity contribution in [3.63, 3.8) is 0 Å². The maximum Gasteiger partial charge on any atom is 0.124 e. The summed E-state index contributed by atoms with van der Waals surface area (Å²) in [4.78, 5) is 7.44. The molecule has 1 aromatic carbocycles. The third-order valence-corrected chi connectivity index (χ3v) is 4.38. The molecule has 2 N–H and O–H groups in total. The van der Waals surface area contributed by atoms with E-state index in [0.29, 0.717) is 0 Å². The van der Waals surface area contributed by atoms with Crippen LogP contribution in [-0.2, 0) is 13.1 Å². The summed E-state index contributed by atoms with van der Waals surface area (Å²) in [7, 11) is 0. The Hall–Kier alpha value is -1.39. The molecule has 1 aliphatic heterocycles. The molecule has 0 amide bonds. The normalized spacial score (nSPS) is 16.7. The summed E-state index contributed by atoms with van der Waals surface area (Å²) in [5.41, 5.74) is 9.35. The predicted octanol–water partition coefficient (Wildman–Crippen LogP) is 2.68. The zero-order valence-corrected chi connectivity index (χ0v) is 13.0. The van der Waals surface area contributed by atoms with Crippen molar-refractivity contribution in [2.45, 2.75) is 45.7 Å². The predicted molar refractivity (Wildman–Crippen MR) is 87.3 cm³/mol. The lowest BCUT2D eigenvalue weighted by Crippen LogP contribution is -2.30. The van der Waals surface area contributed by atoms with Crippen LogP contribution in [0, 0.1) is 6.92 Å². The van der Waals surface area contributed by atoms with Gasteiger partial charge in [0.25, 0.3) is 0 Å². The van der Waals surface area contributed by atoms with Crippen molar-refractivity contribution >= 4 is 11.0 Å². The number of hydrogen-bond acceptors (Lipinski definition) is 3. The van der Waals surface area contributed by atoms with E-state index in [0.717, 1.165) is 31.6 Å². The Morgan fingerprint density at radius 3 is 2.76 bits per heavy atom. The van der Waals surface area contributed by atoms with E-state index in [4.69, 9.17) is 10.7 Å². The molecule has 1 fully saturated rings. The Kier molecular flexibility index (Phi) is 4.56. The van der Waals surface area contributed by atoms with Gasteiger partial charge in [-0.3, -0.25) is 4.90 Å². The van der Waals surface area contributed by atoms with Gasteiger partial charge >= 0.3 is 0 Å². The Bertz CT molecular complexity index is 596. The van der Waals surface area contributed by atoms with Crippen molar-refractivity contribution in [3.05, 3.63) is 29.6 Å². The fourth-order valence-corrected chi connectivity index (χ4v) is 3.23. The van der Waals surface area contributed by atoms with E-state index in [-0.39, 0.29) is 0 Å². The molecule has 2 aromatic rings. The Labute approximate surface area is 126 Å². The standard InChI is InChI=1S/C17H26N4/c1-14-6-7-16-15(12-14)19-17(21(16)11-5-8-18)13-20-9-3-2-4-10-20/h6-7,12H,2-5,8-11,13,18H2,1H3. The zero-order chi connectivity index (χ0) is 14.7. The molecular formula is C17H26N4. The molecule has 2 heterocycles. The fraction of sp³-hybridized carbons (Fsp3) is 0.588. The van der Waals surface area contributed by atoms with E-state index in [1.165, 1.54) is 49.3 Å². The summed E-state index contributed by atoms with van der Waals surface area (Å²) in [6.07, 6.45) is 5.02. The van der Waals surface area contributed by atoms with E-state index in [1.54, 1.807) is 0 Å². The second kappa shape index (κ2) is 6.58. The highest BCUT2D eigenvalue weighted by Gasteiger charge is 2.16. The number of nitrogens with zero attached hydrogens (tertiary/aromatic N) is 3. The van der Waals surface area contributed by atoms with Crippen LogP contribution in [-0.4, -0.2) is 34.1 Å². The van der Waals surface area contributed by atoms with Crippen LogP contribution in [0.15, 0.2) is 18.2 Å². The Morgan fingerprint density at radius 2 is 2.00 bits per heavy atom. The molecule has 0 radical (unpaired) electrons. The molecule has 114 valence electrons. The highest BCUT2D eigenvalue weighted by Crippen LogP contribution is 2.20. The zero-order valence-electron chi connectivity index (χ0n) is 13.0. The lowest BCUT2D eigenvalue weighted by Gasteiger charge is -2.26. The third kappa shape index (κ3) is 3.27. The number of nitrogens with two attached hydrogens (primary N) is 1. The van der Waals surface area contributed by atoms with Gasteiger partial charge in [0.15, 0.2) is 0 Å². The van der Waals surface area contributed by atoms with E-state index < -0.39 is 0 Å². The van der Waals surface area contributed by atoms with Crippen LogP contribution in [0.4, 0.5) is 0 Å². The number of aryl methyl sites for hydroxylation is 2. The lowest BCUT2D eigenvalue weighted by molar-refractivity contribution is 0.213. The van der Waals surface area contributed by atoms with Crippen molar-refractivity contribution in [3.8, 4) is 0 Å². The number of hydrogen-bond donors (Lipinski definition) is 1. The third-order valence-electron chi connectivity index (χ3n) is 4.38. The number of imidazole rings is 1. The Morgan fingerprint density at radius 1 is 1.19 bits per heavy atom. The van der Waals surface area contributed by atoms with Crippen molar-refractivity contribution in [1.29, 1.82) is 0 Å². The molecule has 0 saturated carbocycles. The number of benzene rings is 1. The SMILES string of the molecule is Cc1ccc2c(c1)nc(CN1CCCCC1)n2CCCN. The van der Waals surface area contributed by atoms with Crippen LogP contribution in [0.2, 0.25) is 0 Å². The van der Waals surface area contributed by atoms with Gasteiger partial charge in [0.2, 0.25) is 0 Å². The monoisotopic (exact) mass is 286 g/mol. The van der Waals surface area contributed by atoms with Crippen molar-refractivity contribution in [2.24, 2.45) is 5.73 Å². The van der Waals surface area contributed by atoms with Crippen LogP contribution < -0.4 is 5.73 Å². The van der Waals surface area contributed by atoms with E-state index in [2.05, 4.69) is 34.6 Å². The molecule has 0 atom stereocenters. The van der Waals surface area contributed by atoms with Crippen LogP contribution >= 0.6 is 0 Å². The van der Waals surface area contributed by atoms with Gasteiger partial charge in [0.1, 0.15) is 5.82 Å². The molecule has 4 heteroatoms. The molecule has 0 bridgehead atoms. The molecule has 1 saturated heterocycles. The Balaban J connectivity index is 1.90. The quantitative estimate of drug-likeness (QED) is 0.919. The van der Waals surface area contributed by atoms with E-state index in [1.807, 2.05) is 0 Å². The van der Waals surface area contributed by atoms with Gasteiger partial charge in [-0.2, -0.15) is 0 Å². The molecule has 1 aromatic heterocycles. The number of fused-ring (bicyclic) bond motifs is 1. The molecule has 1 aliphatic rings. The summed E-state index contributed by atoms with van der Waals surface area (Å²) in [6.45, 7) is 7.22. The molecule has 21 heavy (non-hydrogen) atoms. The summed E-state index contributed by atoms with van der Waals surface area (Å²) in [5, 5.41) is 0. The van der Waals surface area contributed by atoms with Gasteiger partial charge in [0, 0.05) is 6.54 Å². The topological polar surface area (TPSA) is 47.1 Å². The molecule has 3 rings (SSSR count). The highest BCUT2D eigenvalue weighted by molar-refractivity contribution is 5.76. The largest absolute Gasteiger partial charge is 0.330 e. The average molecular weight is 286 g/mol. The van der Waals surface area contributed by atoms with Crippen LogP contribution in [0.1, 0.15) is 37.1 Å². The minimum Gasteiger partial charge on any atom is -0.330 e. The van der Waals surface area contributed by atoms with Gasteiger partial charge in [-0.25, -0.2) is 4.98 Å². The number of piperidine rings is 1. The van der Waals surface area contributed by atoms with Crippen LogP contribution in [0.5, 0.6) is 0 Å². The maximum atomic E-state index is 5.70. The van der Waals surface area contributed by atoms with Gasteiger partial charge in [-0.15, -0.1) is 0 Å². The molecule has 4 nitrogen and oxygen atoms in total. The second-order valence-electron chi connectivity index (χ2n) is 6.15. The molecule has 0 aliphatic carbocycles. The summed E-state index contributed by atoms with van der Waals surface area (Å²) < 4.78 is 2.37. The van der Waals surface area contributed by atoms with Gasteiger partial charge < -0.3 is 10.3 Å². The second-order valence-corrected chi connectivity index (χ2v) is 6.15. The summed E-state index contributed by atoms with van der Waals surface area (Å²) in [6, 6.07) is 6.56. The first-order valence-corrected chi connectivity index (χ1v) is 8.16. The van der Waals surface area contributed by atoms with Crippen molar-refractivity contribution < 1.29 is 0 Å². The summed E-state index contributed by atoms with van der Waals surface area (Å²) in [5.74, 6) is 1.20. The van der Waals surface area contributed by atoms with Crippen LogP contribution in [0.3, 0.4) is 0 Å². The lowest BCUT2D eigenvalue weighted by atomic mass is 10.1. The van der Waals surface area contributed by atoms with Crippen LogP contribution in [0.25, 0.3) is 11.0 Å². The van der Waals surface area contributed by atoms with Crippen molar-refractivity contribution in [1.82, 2.24) is 14.5 Å². The smallest absolute Gasteiger partial charge is 0.124 e.